The third-order valence-corrected chi connectivity index (χ3v) is 3.37. The quantitative estimate of drug-likeness (QED) is 0.643. The number of hydrogen-bond acceptors (Lipinski definition) is 5. The first kappa shape index (κ1) is 14.8. The Morgan fingerprint density at radius 1 is 1.04 bits per heavy atom. The minimum atomic E-state index is -0.492. The molecule has 0 fully saturated rings. The summed E-state index contributed by atoms with van der Waals surface area (Å²) in [6, 6.07) is 14.6. The first-order valence-electron chi connectivity index (χ1n) is 7.01. The van der Waals surface area contributed by atoms with E-state index in [4.69, 9.17) is 14.2 Å². The smallest absolute Gasteiger partial charge is 0.363 e. The number of aliphatic imine (C=N–C) groups is 1. The van der Waals surface area contributed by atoms with Crippen LogP contribution in [0.25, 0.3) is 6.08 Å². The fourth-order valence-corrected chi connectivity index (χ4v) is 2.22. The molecule has 0 atom stereocenters. The van der Waals surface area contributed by atoms with Crippen molar-refractivity contribution in [1.29, 1.82) is 0 Å². The highest BCUT2D eigenvalue weighted by atomic mass is 16.6. The van der Waals surface area contributed by atoms with Gasteiger partial charge in [-0.3, -0.25) is 0 Å². The van der Waals surface area contributed by atoms with Crippen molar-refractivity contribution in [2.75, 3.05) is 14.2 Å². The van der Waals surface area contributed by atoms with E-state index in [0.717, 1.165) is 5.56 Å². The summed E-state index contributed by atoms with van der Waals surface area (Å²) in [6.45, 7) is 0. The first-order valence-corrected chi connectivity index (χ1v) is 7.01. The van der Waals surface area contributed by atoms with E-state index in [2.05, 4.69) is 4.99 Å². The molecule has 0 aliphatic carbocycles. The van der Waals surface area contributed by atoms with Gasteiger partial charge in [0.2, 0.25) is 5.90 Å². The molecular formula is C18H15NO4. The van der Waals surface area contributed by atoms with Gasteiger partial charge in [-0.2, -0.15) is 0 Å². The average molecular weight is 309 g/mol. The fourth-order valence-electron chi connectivity index (χ4n) is 2.22. The predicted molar refractivity (Wildman–Crippen MR) is 86.6 cm³/mol. The van der Waals surface area contributed by atoms with Crippen molar-refractivity contribution in [3.05, 3.63) is 65.4 Å². The van der Waals surface area contributed by atoms with Crippen molar-refractivity contribution < 1.29 is 19.0 Å². The minimum Gasteiger partial charge on any atom is -0.497 e. The Morgan fingerprint density at radius 2 is 1.87 bits per heavy atom. The third-order valence-electron chi connectivity index (χ3n) is 3.37. The van der Waals surface area contributed by atoms with Crippen molar-refractivity contribution in [3.63, 3.8) is 0 Å². The molecule has 5 heteroatoms. The van der Waals surface area contributed by atoms with Crippen LogP contribution in [0.2, 0.25) is 0 Å². The molecule has 5 nitrogen and oxygen atoms in total. The van der Waals surface area contributed by atoms with Crippen LogP contribution >= 0.6 is 0 Å². The highest BCUT2D eigenvalue weighted by Gasteiger charge is 2.24. The number of ether oxygens (including phenoxy) is 3. The molecule has 1 heterocycles. The van der Waals surface area contributed by atoms with Crippen molar-refractivity contribution >= 4 is 17.9 Å². The normalized spacial score (nSPS) is 15.3. The van der Waals surface area contributed by atoms with Crippen LogP contribution < -0.4 is 9.47 Å². The number of para-hydroxylation sites is 1. The number of carbonyl (C=O) groups excluding carboxylic acids is 1. The van der Waals surface area contributed by atoms with E-state index >= 15 is 0 Å². The Hall–Kier alpha value is -3.08. The first-order chi connectivity index (χ1) is 11.2. The van der Waals surface area contributed by atoms with Gasteiger partial charge in [0.25, 0.3) is 0 Å². The molecule has 2 aromatic carbocycles. The molecule has 0 bridgehead atoms. The zero-order valence-electron chi connectivity index (χ0n) is 12.8. The van der Waals surface area contributed by atoms with Crippen molar-refractivity contribution in [2.45, 2.75) is 0 Å². The lowest BCUT2D eigenvalue weighted by Gasteiger charge is -2.03. The summed E-state index contributed by atoms with van der Waals surface area (Å²) in [6.07, 6.45) is 1.65. The average Bonchev–Trinajstić information content (AvgIpc) is 2.96. The van der Waals surface area contributed by atoms with Crippen LogP contribution in [0, 0.1) is 0 Å². The number of cyclic esters (lactones) is 1. The lowest BCUT2D eigenvalue weighted by molar-refractivity contribution is -0.129. The van der Waals surface area contributed by atoms with Crippen molar-refractivity contribution in [2.24, 2.45) is 4.99 Å². The second-order valence-electron chi connectivity index (χ2n) is 4.81. The van der Waals surface area contributed by atoms with Crippen LogP contribution in [0.5, 0.6) is 11.5 Å². The maximum absolute atomic E-state index is 12.0. The summed E-state index contributed by atoms with van der Waals surface area (Å²) in [5.41, 5.74) is 1.67. The zero-order valence-corrected chi connectivity index (χ0v) is 12.8. The number of rotatable bonds is 4. The van der Waals surface area contributed by atoms with Crippen LogP contribution in [0.3, 0.4) is 0 Å². The van der Waals surface area contributed by atoms with Crippen LogP contribution in [0.4, 0.5) is 0 Å². The van der Waals surface area contributed by atoms with Gasteiger partial charge in [0, 0.05) is 11.1 Å². The number of hydrogen-bond donors (Lipinski definition) is 0. The second kappa shape index (κ2) is 6.36. The van der Waals surface area contributed by atoms with Crippen LogP contribution in [-0.2, 0) is 9.53 Å². The Morgan fingerprint density at radius 3 is 2.65 bits per heavy atom. The van der Waals surface area contributed by atoms with E-state index in [1.165, 1.54) is 0 Å². The van der Waals surface area contributed by atoms with E-state index in [9.17, 15) is 4.79 Å². The highest BCUT2D eigenvalue weighted by molar-refractivity contribution is 6.13. The molecule has 0 saturated heterocycles. The van der Waals surface area contributed by atoms with Crippen molar-refractivity contribution in [3.8, 4) is 11.5 Å². The number of nitrogens with zero attached hydrogens (tertiary/aromatic N) is 1. The highest BCUT2D eigenvalue weighted by Crippen LogP contribution is 2.25. The molecular weight excluding hydrogens is 294 g/mol. The summed E-state index contributed by atoms with van der Waals surface area (Å²) >= 11 is 0. The van der Waals surface area contributed by atoms with E-state index in [0.29, 0.717) is 17.1 Å². The fraction of sp³-hybridized carbons (Fsp3) is 0.111. The Labute approximate surface area is 133 Å². The molecule has 0 N–H and O–H groups in total. The van der Waals surface area contributed by atoms with Gasteiger partial charge < -0.3 is 14.2 Å². The Kier molecular flexibility index (Phi) is 4.10. The maximum Gasteiger partial charge on any atom is 0.363 e. The number of esters is 1. The van der Waals surface area contributed by atoms with Crippen molar-refractivity contribution in [1.82, 2.24) is 0 Å². The SMILES string of the molecule is COc1cccc(C2=N/C(=C\c3ccccc3OC)C(=O)O2)c1. The standard InChI is InChI=1S/C18H15NO4/c1-21-14-8-5-7-13(10-14)17-19-15(18(20)23-17)11-12-6-3-4-9-16(12)22-2/h3-11H,1-2H3/b15-11-. The largest absolute Gasteiger partial charge is 0.497 e. The lowest BCUT2D eigenvalue weighted by atomic mass is 10.1. The molecule has 0 aromatic heterocycles. The number of benzene rings is 2. The molecule has 2 aromatic rings. The molecule has 116 valence electrons. The summed E-state index contributed by atoms with van der Waals surface area (Å²) in [7, 11) is 3.16. The molecule has 0 spiro atoms. The third kappa shape index (κ3) is 3.08. The topological polar surface area (TPSA) is 57.1 Å². The van der Waals surface area contributed by atoms with Gasteiger partial charge in [-0.1, -0.05) is 24.3 Å². The summed E-state index contributed by atoms with van der Waals surface area (Å²) in [4.78, 5) is 16.3. The van der Waals surface area contributed by atoms with Gasteiger partial charge in [0.15, 0.2) is 5.70 Å². The van der Waals surface area contributed by atoms with Gasteiger partial charge in [-0.05, 0) is 30.3 Å². The van der Waals surface area contributed by atoms with E-state index in [-0.39, 0.29) is 11.6 Å². The van der Waals surface area contributed by atoms with E-state index in [1.807, 2.05) is 36.4 Å². The van der Waals surface area contributed by atoms with Crippen LogP contribution in [0.15, 0.2) is 59.2 Å². The number of carbonyl (C=O) groups is 1. The summed E-state index contributed by atoms with van der Waals surface area (Å²) in [5.74, 6) is 1.10. The zero-order chi connectivity index (χ0) is 16.2. The number of methoxy groups -OCH3 is 2. The van der Waals surface area contributed by atoms with Gasteiger partial charge in [0.05, 0.1) is 14.2 Å². The molecule has 0 saturated carbocycles. The minimum absolute atomic E-state index is 0.229. The Bertz CT molecular complexity index is 808. The molecule has 1 aliphatic heterocycles. The Balaban J connectivity index is 1.96. The molecule has 23 heavy (non-hydrogen) atoms. The lowest BCUT2D eigenvalue weighted by Crippen LogP contribution is -2.05. The maximum atomic E-state index is 12.0. The van der Waals surface area contributed by atoms with Gasteiger partial charge in [-0.15, -0.1) is 0 Å². The van der Waals surface area contributed by atoms with Gasteiger partial charge in [-0.25, -0.2) is 9.79 Å². The second-order valence-corrected chi connectivity index (χ2v) is 4.81. The molecule has 1 aliphatic rings. The van der Waals surface area contributed by atoms with E-state index < -0.39 is 5.97 Å². The van der Waals surface area contributed by atoms with Crippen LogP contribution in [0.1, 0.15) is 11.1 Å². The summed E-state index contributed by atoms with van der Waals surface area (Å²) in [5, 5.41) is 0. The molecule has 3 rings (SSSR count). The van der Waals surface area contributed by atoms with Gasteiger partial charge in [0.1, 0.15) is 11.5 Å². The van der Waals surface area contributed by atoms with E-state index in [1.54, 1.807) is 32.4 Å². The predicted octanol–water partition coefficient (Wildman–Crippen LogP) is 3.05. The monoisotopic (exact) mass is 309 g/mol. The van der Waals surface area contributed by atoms with Gasteiger partial charge >= 0.3 is 5.97 Å². The summed E-state index contributed by atoms with van der Waals surface area (Å²) < 4.78 is 15.7. The molecule has 0 amide bonds. The van der Waals surface area contributed by atoms with Crippen LogP contribution in [-0.4, -0.2) is 26.1 Å². The molecule has 0 unspecified atom stereocenters. The molecule has 0 radical (unpaired) electrons.